The van der Waals surface area contributed by atoms with E-state index in [0.29, 0.717) is 29.0 Å². The van der Waals surface area contributed by atoms with Gasteiger partial charge < -0.3 is 5.32 Å². The van der Waals surface area contributed by atoms with E-state index >= 15 is 0 Å². The van der Waals surface area contributed by atoms with Crippen LogP contribution in [-0.4, -0.2) is 34.3 Å². The molecule has 6 rings (SSSR count). The van der Waals surface area contributed by atoms with Gasteiger partial charge in [-0.3, -0.25) is 9.48 Å². The van der Waals surface area contributed by atoms with Gasteiger partial charge in [0.2, 0.25) is 5.95 Å². The Morgan fingerprint density at radius 1 is 1.10 bits per heavy atom. The Bertz CT molecular complexity index is 1520. The Morgan fingerprint density at radius 2 is 2.00 bits per heavy atom. The molecule has 31 heavy (non-hydrogen) atoms. The Balaban J connectivity index is 1.63. The van der Waals surface area contributed by atoms with E-state index in [0.717, 1.165) is 29.3 Å². The maximum atomic E-state index is 12.4. The van der Waals surface area contributed by atoms with Crippen LogP contribution in [0.25, 0.3) is 27.9 Å². The van der Waals surface area contributed by atoms with Crippen LogP contribution in [0.2, 0.25) is 0 Å². The highest BCUT2D eigenvalue weighted by molar-refractivity contribution is 5.95. The summed E-state index contributed by atoms with van der Waals surface area (Å²) in [4.78, 5) is 26.0. The van der Waals surface area contributed by atoms with Gasteiger partial charge in [-0.15, -0.1) is 5.10 Å². The molecule has 9 nitrogen and oxygen atoms in total. The van der Waals surface area contributed by atoms with Gasteiger partial charge in [0.15, 0.2) is 11.5 Å². The van der Waals surface area contributed by atoms with Crippen LogP contribution >= 0.6 is 0 Å². The van der Waals surface area contributed by atoms with Crippen molar-refractivity contribution in [2.24, 2.45) is 7.05 Å². The third-order valence-electron chi connectivity index (χ3n) is 5.44. The molecule has 0 bridgehead atoms. The third-order valence-corrected chi connectivity index (χ3v) is 5.44. The number of hydrogen-bond donors (Lipinski definition) is 1. The van der Waals surface area contributed by atoms with E-state index in [2.05, 4.69) is 26.6 Å². The number of nitrogens with one attached hydrogen (secondary N) is 1. The summed E-state index contributed by atoms with van der Waals surface area (Å²) in [5.74, 6) is 1.48. The van der Waals surface area contributed by atoms with Crippen molar-refractivity contribution in [1.29, 1.82) is 0 Å². The standard InChI is InChI=1S/C22H18N8O/c1-29-12-14(11-24-29)19-27-20-16-6-4-5-15(13-8-9-13)18(16)26-22(30(20)28-19)25-17-7-2-3-10-23-21(17)31/h2-7,10-13H,8-9H2,1H3,(H,23,25,26,31). The molecule has 1 saturated carbocycles. The highest BCUT2D eigenvalue weighted by atomic mass is 16.1. The van der Waals surface area contributed by atoms with Gasteiger partial charge in [-0.1, -0.05) is 18.2 Å². The first-order valence-corrected chi connectivity index (χ1v) is 10.1. The van der Waals surface area contributed by atoms with Gasteiger partial charge in [0.1, 0.15) is 5.69 Å². The van der Waals surface area contributed by atoms with Crippen molar-refractivity contribution in [2.45, 2.75) is 18.8 Å². The highest BCUT2D eigenvalue weighted by Gasteiger charge is 2.27. The summed E-state index contributed by atoms with van der Waals surface area (Å²) in [6.07, 6.45) is 7.38. The second-order valence-corrected chi connectivity index (χ2v) is 7.70. The third kappa shape index (κ3) is 3.02. The zero-order chi connectivity index (χ0) is 20.9. The quantitative estimate of drug-likeness (QED) is 0.486. The van der Waals surface area contributed by atoms with Crippen molar-refractivity contribution in [1.82, 2.24) is 34.3 Å². The van der Waals surface area contributed by atoms with E-state index in [1.165, 1.54) is 11.8 Å². The van der Waals surface area contributed by atoms with Crippen LogP contribution in [0, 0.1) is 0 Å². The Morgan fingerprint density at radius 3 is 2.81 bits per heavy atom. The van der Waals surface area contributed by atoms with Gasteiger partial charge >= 0.3 is 0 Å². The molecule has 0 atom stereocenters. The molecule has 1 aromatic carbocycles. The molecule has 0 spiro atoms. The van der Waals surface area contributed by atoms with E-state index in [-0.39, 0.29) is 5.56 Å². The topological polar surface area (TPSA) is 103 Å². The molecule has 0 amide bonds. The minimum Gasteiger partial charge on any atom is -0.319 e. The van der Waals surface area contributed by atoms with Crippen LogP contribution in [0.3, 0.4) is 0 Å². The molecule has 1 aliphatic carbocycles. The molecule has 5 aromatic rings. The van der Waals surface area contributed by atoms with Gasteiger partial charge in [-0.2, -0.15) is 9.61 Å². The molecule has 1 aliphatic rings. The summed E-state index contributed by atoms with van der Waals surface area (Å²) in [6, 6.07) is 11.3. The molecule has 9 heteroatoms. The average molecular weight is 410 g/mol. The molecule has 4 heterocycles. The first kappa shape index (κ1) is 17.7. The summed E-state index contributed by atoms with van der Waals surface area (Å²) in [7, 11) is 1.85. The van der Waals surface area contributed by atoms with Crippen LogP contribution in [0.1, 0.15) is 24.3 Å². The lowest BCUT2D eigenvalue weighted by molar-refractivity contribution is 0.768. The molecule has 0 unspecified atom stereocenters. The van der Waals surface area contributed by atoms with Gasteiger partial charge in [-0.25, -0.2) is 15.0 Å². The number of nitrogens with zero attached hydrogens (tertiary/aromatic N) is 7. The summed E-state index contributed by atoms with van der Waals surface area (Å²) in [5.41, 5.74) is 3.51. The molecular formula is C22H18N8O. The maximum absolute atomic E-state index is 12.4. The largest absolute Gasteiger partial charge is 0.319 e. The molecule has 4 aromatic heterocycles. The smallest absolute Gasteiger partial charge is 0.293 e. The van der Waals surface area contributed by atoms with E-state index in [1.807, 2.05) is 25.4 Å². The zero-order valence-corrected chi connectivity index (χ0v) is 16.7. The number of rotatable bonds is 4. The fraction of sp³-hybridized carbons (Fsp3) is 0.182. The predicted molar refractivity (Wildman–Crippen MR) is 116 cm³/mol. The van der Waals surface area contributed by atoms with Gasteiger partial charge in [0, 0.05) is 24.8 Å². The van der Waals surface area contributed by atoms with Crippen LogP contribution < -0.4 is 10.9 Å². The predicted octanol–water partition coefficient (Wildman–Crippen LogP) is 3.05. The van der Waals surface area contributed by atoms with Crippen LogP contribution in [0.15, 0.2) is 59.8 Å². The van der Waals surface area contributed by atoms with E-state index < -0.39 is 0 Å². The number of hydrogen-bond acceptors (Lipinski definition) is 7. The zero-order valence-electron chi connectivity index (χ0n) is 16.7. The molecule has 1 fully saturated rings. The van der Waals surface area contributed by atoms with Gasteiger partial charge in [0.25, 0.3) is 5.56 Å². The van der Waals surface area contributed by atoms with Crippen LogP contribution in [0.4, 0.5) is 11.6 Å². The molecule has 0 saturated heterocycles. The summed E-state index contributed by atoms with van der Waals surface area (Å²) in [5, 5.41) is 13.0. The number of anilines is 2. The fourth-order valence-electron chi connectivity index (χ4n) is 3.79. The normalized spacial score (nSPS) is 13.7. The van der Waals surface area contributed by atoms with E-state index in [9.17, 15) is 4.79 Å². The summed E-state index contributed by atoms with van der Waals surface area (Å²) in [6.45, 7) is 0. The van der Waals surface area contributed by atoms with Crippen molar-refractivity contribution in [3.8, 4) is 11.4 Å². The number of para-hydroxylation sites is 1. The highest BCUT2D eigenvalue weighted by Crippen LogP contribution is 2.43. The monoisotopic (exact) mass is 410 g/mol. The van der Waals surface area contributed by atoms with Crippen LogP contribution in [0.5, 0.6) is 0 Å². The molecule has 0 radical (unpaired) electrons. The number of aryl methyl sites for hydroxylation is 1. The van der Waals surface area contributed by atoms with Gasteiger partial charge in [0.05, 0.1) is 17.3 Å². The Kier molecular flexibility index (Phi) is 3.82. The van der Waals surface area contributed by atoms with E-state index in [1.54, 1.807) is 33.6 Å². The number of benzene rings is 1. The number of fused-ring (bicyclic) bond motifs is 3. The van der Waals surface area contributed by atoms with Crippen LogP contribution in [-0.2, 0) is 7.05 Å². The summed E-state index contributed by atoms with van der Waals surface area (Å²) >= 11 is 0. The van der Waals surface area contributed by atoms with Crippen molar-refractivity contribution in [3.63, 3.8) is 0 Å². The van der Waals surface area contributed by atoms with Crippen molar-refractivity contribution < 1.29 is 0 Å². The summed E-state index contributed by atoms with van der Waals surface area (Å²) < 4.78 is 3.36. The van der Waals surface area contributed by atoms with Crippen molar-refractivity contribution in [3.05, 3.63) is 70.9 Å². The van der Waals surface area contributed by atoms with Gasteiger partial charge in [-0.05, 0) is 42.5 Å². The SMILES string of the molecule is Cn1cc(-c2nc3c4cccc(C5CC5)c4nc(Nc4ccccnc4=O)n3n2)cn1. The lowest BCUT2D eigenvalue weighted by atomic mass is 10.1. The second-order valence-electron chi connectivity index (χ2n) is 7.70. The Hall–Kier alpha value is -4.14. The average Bonchev–Trinajstić information content (AvgIpc) is 3.42. The van der Waals surface area contributed by atoms with E-state index in [4.69, 9.17) is 9.97 Å². The Labute approximate surface area is 176 Å². The fourth-order valence-corrected chi connectivity index (χ4v) is 3.79. The van der Waals surface area contributed by atoms with Crippen molar-refractivity contribution >= 4 is 28.2 Å². The number of aromatic nitrogens is 7. The molecule has 0 aliphatic heterocycles. The first-order chi connectivity index (χ1) is 15.2. The first-order valence-electron chi connectivity index (χ1n) is 10.1. The lowest BCUT2D eigenvalue weighted by Gasteiger charge is -2.10. The maximum Gasteiger partial charge on any atom is 0.293 e. The second kappa shape index (κ2) is 6.69. The van der Waals surface area contributed by atoms with Crippen molar-refractivity contribution in [2.75, 3.05) is 5.32 Å². The molecule has 1 N–H and O–H groups in total. The minimum absolute atomic E-state index is 0.320. The molecular weight excluding hydrogens is 392 g/mol. The minimum atomic E-state index is -0.372. The molecule has 152 valence electrons. The lowest BCUT2D eigenvalue weighted by Crippen LogP contribution is -2.12.